The quantitative estimate of drug-likeness (QED) is 0.227. The minimum absolute atomic E-state index is 0.136. The van der Waals surface area contributed by atoms with E-state index in [0.717, 1.165) is 5.56 Å². The molecule has 2 amide bonds. The molecule has 10 heteroatoms. The van der Waals surface area contributed by atoms with Gasteiger partial charge >= 0.3 is 12.2 Å². The first-order valence-corrected chi connectivity index (χ1v) is 13.0. The van der Waals surface area contributed by atoms with Gasteiger partial charge in [0.1, 0.15) is 5.75 Å². The highest BCUT2D eigenvalue weighted by Gasteiger charge is 2.26. The number of fused-ring (bicyclic) bond motifs is 1. The molecule has 4 aromatic rings. The van der Waals surface area contributed by atoms with Gasteiger partial charge in [-0.15, -0.1) is 5.06 Å². The van der Waals surface area contributed by atoms with Crippen molar-refractivity contribution in [3.05, 3.63) is 111 Å². The van der Waals surface area contributed by atoms with Crippen LogP contribution >= 0.6 is 11.6 Å². The fourth-order valence-electron chi connectivity index (χ4n) is 4.57. The summed E-state index contributed by atoms with van der Waals surface area (Å²) in [6.45, 7) is 0.869. The molecular weight excluding hydrogens is 520 g/mol. The molecule has 9 nitrogen and oxygen atoms in total. The number of rotatable bonds is 6. The summed E-state index contributed by atoms with van der Waals surface area (Å²) in [5.74, 6) is 0.401. The van der Waals surface area contributed by atoms with Crippen molar-refractivity contribution in [2.75, 3.05) is 13.1 Å². The number of aromatic nitrogens is 1. The van der Waals surface area contributed by atoms with Crippen LogP contribution in [0.15, 0.2) is 89.9 Å². The van der Waals surface area contributed by atoms with E-state index in [2.05, 4.69) is 15.6 Å². The highest BCUT2D eigenvalue weighted by molar-refractivity contribution is 6.31. The van der Waals surface area contributed by atoms with E-state index in [0.29, 0.717) is 53.2 Å². The highest BCUT2D eigenvalue weighted by atomic mass is 35.5. The standard InChI is InChI=1S/C29H27ClN4O5/c30-20-11-12-23-25(17-20)31-18-24(27(23)35)26(19-7-3-1-4-8-19)33-28(36)32-21-13-15-34(16-14-21)39-29(37)38-22-9-5-2-6-10-22/h1-12,17-18,21,26H,13-16H2,(H,31,35)(H2,32,33,36). The second-order valence-electron chi connectivity index (χ2n) is 9.18. The zero-order valence-corrected chi connectivity index (χ0v) is 21.7. The van der Waals surface area contributed by atoms with Crippen LogP contribution in [0.1, 0.15) is 30.0 Å². The Balaban J connectivity index is 1.21. The Bertz CT molecular complexity index is 1500. The molecule has 1 aliphatic heterocycles. The van der Waals surface area contributed by atoms with E-state index in [4.69, 9.17) is 21.2 Å². The van der Waals surface area contributed by atoms with Crippen LogP contribution in [0.5, 0.6) is 5.75 Å². The zero-order valence-electron chi connectivity index (χ0n) is 20.9. The van der Waals surface area contributed by atoms with Gasteiger partial charge in [-0.3, -0.25) is 4.79 Å². The number of carbonyl (C=O) groups excluding carboxylic acids is 2. The third kappa shape index (κ3) is 6.57. The number of nitrogens with zero attached hydrogens (tertiary/aromatic N) is 1. The molecule has 0 spiro atoms. The molecule has 1 unspecified atom stereocenters. The molecule has 1 saturated heterocycles. The van der Waals surface area contributed by atoms with E-state index in [1.165, 1.54) is 5.06 Å². The second kappa shape index (κ2) is 12.0. The van der Waals surface area contributed by atoms with Crippen molar-refractivity contribution in [1.29, 1.82) is 0 Å². The molecular formula is C29H27ClN4O5. The molecule has 1 atom stereocenters. The van der Waals surface area contributed by atoms with Crippen LogP contribution in [0.4, 0.5) is 9.59 Å². The number of ether oxygens (including phenoxy) is 1. The Morgan fingerprint density at radius 3 is 2.38 bits per heavy atom. The van der Waals surface area contributed by atoms with E-state index < -0.39 is 18.2 Å². The van der Waals surface area contributed by atoms with Gasteiger partial charge in [0.25, 0.3) is 0 Å². The van der Waals surface area contributed by atoms with Crippen molar-refractivity contribution in [3.8, 4) is 5.75 Å². The number of hydrogen-bond donors (Lipinski definition) is 3. The lowest BCUT2D eigenvalue weighted by molar-refractivity contribution is -0.129. The molecule has 2 heterocycles. The maximum Gasteiger partial charge on any atom is 0.533 e. The average molecular weight is 547 g/mol. The number of aromatic amines is 1. The minimum atomic E-state index is -0.807. The lowest BCUT2D eigenvalue weighted by Gasteiger charge is -2.31. The molecule has 39 heavy (non-hydrogen) atoms. The molecule has 3 aromatic carbocycles. The van der Waals surface area contributed by atoms with Crippen LogP contribution in [-0.4, -0.2) is 41.4 Å². The molecule has 1 fully saturated rings. The lowest BCUT2D eigenvalue weighted by atomic mass is 9.98. The first kappa shape index (κ1) is 26.3. The summed E-state index contributed by atoms with van der Waals surface area (Å²) in [4.78, 5) is 46.9. The van der Waals surface area contributed by atoms with E-state index in [1.54, 1.807) is 48.7 Å². The number of halogens is 1. The molecule has 0 radical (unpaired) electrons. The Kier molecular flexibility index (Phi) is 8.10. The molecule has 3 N–H and O–H groups in total. The van der Waals surface area contributed by atoms with Crippen LogP contribution < -0.4 is 20.8 Å². The van der Waals surface area contributed by atoms with Crippen LogP contribution in [0.3, 0.4) is 0 Å². The fraction of sp³-hybridized carbons (Fsp3) is 0.207. The van der Waals surface area contributed by atoms with Crippen molar-refractivity contribution in [2.24, 2.45) is 0 Å². The summed E-state index contributed by atoms with van der Waals surface area (Å²) in [6, 6.07) is 21.8. The molecule has 0 aliphatic carbocycles. The Hall–Kier alpha value is -4.34. The fourth-order valence-corrected chi connectivity index (χ4v) is 4.74. The monoisotopic (exact) mass is 546 g/mol. The summed E-state index contributed by atoms with van der Waals surface area (Å²) in [7, 11) is 0. The summed E-state index contributed by atoms with van der Waals surface area (Å²) in [5, 5.41) is 8.49. The molecule has 200 valence electrons. The van der Waals surface area contributed by atoms with Gasteiger partial charge in [-0.25, -0.2) is 9.59 Å². The Labute approximate surface area is 229 Å². The number of hydrogen-bond acceptors (Lipinski definition) is 6. The first-order chi connectivity index (χ1) is 19.0. The number of hydroxylamine groups is 2. The number of piperidine rings is 1. The van der Waals surface area contributed by atoms with E-state index >= 15 is 0 Å². The summed E-state index contributed by atoms with van der Waals surface area (Å²) < 4.78 is 5.16. The van der Waals surface area contributed by atoms with Crippen LogP contribution in [-0.2, 0) is 4.84 Å². The van der Waals surface area contributed by atoms with Crippen molar-refractivity contribution >= 4 is 34.7 Å². The summed E-state index contributed by atoms with van der Waals surface area (Å²) in [5.41, 5.74) is 1.61. The topological polar surface area (TPSA) is 113 Å². The largest absolute Gasteiger partial charge is 0.533 e. The van der Waals surface area contributed by atoms with Crippen molar-refractivity contribution in [3.63, 3.8) is 0 Å². The first-order valence-electron chi connectivity index (χ1n) is 12.6. The van der Waals surface area contributed by atoms with Gasteiger partial charge < -0.3 is 25.2 Å². The van der Waals surface area contributed by atoms with Gasteiger partial charge in [0.2, 0.25) is 0 Å². The smallest absolute Gasteiger partial charge is 0.394 e. The number of nitrogens with one attached hydrogen (secondary N) is 3. The number of H-pyrrole nitrogens is 1. The average Bonchev–Trinajstić information content (AvgIpc) is 2.94. The third-order valence-corrected chi connectivity index (χ3v) is 6.76. The predicted molar refractivity (Wildman–Crippen MR) is 148 cm³/mol. The normalized spacial score (nSPS) is 14.9. The summed E-state index contributed by atoms with van der Waals surface area (Å²) in [6.07, 6.45) is 1.95. The van der Waals surface area contributed by atoms with Crippen molar-refractivity contribution in [2.45, 2.75) is 24.9 Å². The van der Waals surface area contributed by atoms with E-state index in [9.17, 15) is 14.4 Å². The minimum Gasteiger partial charge on any atom is -0.394 e. The second-order valence-corrected chi connectivity index (χ2v) is 9.62. The van der Waals surface area contributed by atoms with E-state index in [1.807, 2.05) is 36.4 Å². The molecule has 0 bridgehead atoms. The van der Waals surface area contributed by atoms with Gasteiger partial charge in [0.15, 0.2) is 5.43 Å². The van der Waals surface area contributed by atoms with Crippen LogP contribution in [0.25, 0.3) is 10.9 Å². The molecule has 0 saturated carbocycles. The van der Waals surface area contributed by atoms with Gasteiger partial charge in [-0.2, -0.15) is 0 Å². The van der Waals surface area contributed by atoms with Gasteiger partial charge in [0.05, 0.1) is 11.6 Å². The number of benzene rings is 3. The SMILES string of the molecule is O=C(NC1CCN(OC(=O)Oc2ccccc2)CC1)NC(c1ccccc1)c1c[nH]c2cc(Cl)ccc2c1=O. The number of urea groups is 1. The number of amides is 2. The molecule has 1 aliphatic rings. The molecule has 1 aromatic heterocycles. The summed E-state index contributed by atoms with van der Waals surface area (Å²) >= 11 is 6.08. The zero-order chi connectivity index (χ0) is 27.2. The van der Waals surface area contributed by atoms with E-state index in [-0.39, 0.29) is 11.5 Å². The van der Waals surface area contributed by atoms with Crippen molar-refractivity contribution < 1.29 is 19.2 Å². The van der Waals surface area contributed by atoms with Crippen LogP contribution in [0, 0.1) is 0 Å². The predicted octanol–water partition coefficient (Wildman–Crippen LogP) is 5.17. The van der Waals surface area contributed by atoms with Gasteiger partial charge in [-0.05, 0) is 48.7 Å². The third-order valence-electron chi connectivity index (χ3n) is 6.53. The van der Waals surface area contributed by atoms with Gasteiger partial charge in [-0.1, -0.05) is 60.1 Å². The maximum absolute atomic E-state index is 13.4. The number of carbonyl (C=O) groups is 2. The maximum atomic E-state index is 13.4. The number of pyridine rings is 1. The Morgan fingerprint density at radius 2 is 1.67 bits per heavy atom. The Morgan fingerprint density at radius 1 is 0.974 bits per heavy atom. The highest BCUT2D eigenvalue weighted by Crippen LogP contribution is 2.22. The molecule has 5 rings (SSSR count). The number of para-hydroxylation sites is 1. The van der Waals surface area contributed by atoms with Crippen LogP contribution in [0.2, 0.25) is 5.02 Å². The van der Waals surface area contributed by atoms with Crippen molar-refractivity contribution in [1.82, 2.24) is 20.7 Å². The lowest BCUT2D eigenvalue weighted by Crippen LogP contribution is -2.49. The van der Waals surface area contributed by atoms with Gasteiger partial charge in [0, 0.05) is 41.3 Å².